The Bertz CT molecular complexity index is 1640. The molecule has 0 N–H and O–H groups in total. The molecule has 0 saturated carbocycles. The molecule has 3 aromatic carbocycles. The number of rotatable bonds is 8. The predicted molar refractivity (Wildman–Crippen MR) is 153 cm³/mol. The molecule has 3 aromatic rings. The highest BCUT2D eigenvalue weighted by Gasteiger charge is 2.02. The largest absolute Gasteiger partial charge is 0.462 e. The lowest BCUT2D eigenvalue weighted by atomic mass is 10.1. The lowest BCUT2D eigenvalue weighted by molar-refractivity contribution is -0.134. The Hall–Kier alpha value is -5.79. The Labute approximate surface area is 238 Å². The van der Waals surface area contributed by atoms with Gasteiger partial charge in [-0.3, -0.25) is 0 Å². The van der Waals surface area contributed by atoms with Gasteiger partial charge in [-0.15, -0.1) is 0 Å². The molecule has 0 aliphatic rings. The van der Waals surface area contributed by atoms with Crippen LogP contribution in [-0.4, -0.2) is 11.9 Å². The van der Waals surface area contributed by atoms with Crippen molar-refractivity contribution in [3.63, 3.8) is 0 Å². The molecule has 0 saturated heterocycles. The van der Waals surface area contributed by atoms with Gasteiger partial charge in [0.25, 0.3) is 0 Å². The summed E-state index contributed by atoms with van der Waals surface area (Å²) in [5.41, 5.74) is 2.57. The fraction of sp³-hybridized carbons (Fsp3) is 0.0588. The minimum Gasteiger partial charge on any atom is -0.462 e. The van der Waals surface area contributed by atoms with Crippen LogP contribution in [0.3, 0.4) is 0 Å². The molecule has 0 unspecified atom stereocenters. The van der Waals surface area contributed by atoms with Crippen LogP contribution in [0.1, 0.15) is 36.1 Å². The van der Waals surface area contributed by atoms with E-state index in [0.29, 0.717) is 28.2 Å². The maximum absolute atomic E-state index is 14.7. The second-order valence-corrected chi connectivity index (χ2v) is 8.40. The molecule has 3 rings (SSSR count). The van der Waals surface area contributed by atoms with Crippen LogP contribution >= 0.6 is 0 Å². The monoisotopic (exact) mass is 548 g/mol. The number of carbonyl (C=O) groups excluding carboxylic acids is 2. The van der Waals surface area contributed by atoms with Crippen molar-refractivity contribution in [3.05, 3.63) is 144 Å². The molecule has 0 amide bonds. The topological polar surface area (TPSA) is 71.1 Å². The van der Waals surface area contributed by atoms with E-state index in [1.54, 1.807) is 67.6 Å². The maximum Gasteiger partial charge on any atom is 0.338 e. The summed E-state index contributed by atoms with van der Waals surface area (Å²) in [5, 5.41) is 0. The first-order valence-electron chi connectivity index (χ1n) is 12.1. The van der Waals surface area contributed by atoms with E-state index in [-0.39, 0.29) is 16.7 Å². The summed E-state index contributed by atoms with van der Waals surface area (Å²) in [7, 11) is 0. The van der Waals surface area contributed by atoms with E-state index in [1.165, 1.54) is 25.5 Å². The van der Waals surface area contributed by atoms with Crippen molar-refractivity contribution in [2.45, 2.75) is 13.8 Å². The first-order valence-corrected chi connectivity index (χ1v) is 12.1. The fourth-order valence-electron chi connectivity index (χ4n) is 2.84. The lowest BCUT2D eigenvalue weighted by Crippen LogP contribution is -1.99. The summed E-state index contributed by atoms with van der Waals surface area (Å²) >= 11 is 0. The van der Waals surface area contributed by atoms with Gasteiger partial charge < -0.3 is 18.9 Å². The van der Waals surface area contributed by atoms with Crippen molar-refractivity contribution in [2.75, 3.05) is 0 Å². The van der Waals surface area contributed by atoms with E-state index < -0.39 is 17.8 Å². The average molecular weight is 549 g/mol. The first kappa shape index (κ1) is 29.8. The summed E-state index contributed by atoms with van der Waals surface area (Å²) < 4.78 is 35.0. The highest BCUT2D eigenvalue weighted by molar-refractivity contribution is 5.87. The van der Waals surface area contributed by atoms with Crippen molar-refractivity contribution in [3.8, 4) is 35.2 Å². The van der Waals surface area contributed by atoms with Gasteiger partial charge >= 0.3 is 11.9 Å². The van der Waals surface area contributed by atoms with E-state index in [1.807, 2.05) is 0 Å². The summed E-state index contributed by atoms with van der Waals surface area (Å²) in [6.07, 6.45) is 4.71. The van der Waals surface area contributed by atoms with Gasteiger partial charge in [-0.25, -0.2) is 14.0 Å². The zero-order valence-electron chi connectivity index (χ0n) is 22.4. The molecular formula is C34H25FO6. The Balaban J connectivity index is 1.58. The molecule has 41 heavy (non-hydrogen) atoms. The molecule has 0 aromatic heterocycles. The Morgan fingerprint density at radius 2 is 1.20 bits per heavy atom. The first-order chi connectivity index (χ1) is 19.7. The van der Waals surface area contributed by atoms with Crippen molar-refractivity contribution in [1.82, 2.24) is 0 Å². The number of benzene rings is 3. The van der Waals surface area contributed by atoms with Gasteiger partial charge in [0.05, 0.1) is 5.56 Å². The van der Waals surface area contributed by atoms with Gasteiger partial charge in [0.2, 0.25) is 0 Å². The Morgan fingerprint density at radius 1 is 0.659 bits per heavy atom. The highest BCUT2D eigenvalue weighted by Crippen LogP contribution is 2.15. The van der Waals surface area contributed by atoms with Crippen LogP contribution in [0.2, 0.25) is 0 Å². The van der Waals surface area contributed by atoms with E-state index in [9.17, 15) is 14.0 Å². The van der Waals surface area contributed by atoms with Gasteiger partial charge in [0, 0.05) is 27.8 Å². The van der Waals surface area contributed by atoms with E-state index in [0.717, 1.165) is 12.5 Å². The van der Waals surface area contributed by atoms with E-state index in [4.69, 9.17) is 18.9 Å². The molecule has 0 atom stereocenters. The number of hydrogen-bond donors (Lipinski definition) is 0. The van der Waals surface area contributed by atoms with Crippen LogP contribution in [-0.2, 0) is 19.1 Å². The van der Waals surface area contributed by atoms with Crippen molar-refractivity contribution in [2.24, 2.45) is 0 Å². The van der Waals surface area contributed by atoms with Crippen molar-refractivity contribution in [1.29, 1.82) is 0 Å². The van der Waals surface area contributed by atoms with Gasteiger partial charge in [0.15, 0.2) is 0 Å². The zero-order valence-corrected chi connectivity index (χ0v) is 22.4. The number of carbonyl (C=O) groups is 2. The predicted octanol–water partition coefficient (Wildman–Crippen LogP) is 6.56. The molecule has 6 nitrogen and oxygen atoms in total. The normalized spacial score (nSPS) is 10.1. The van der Waals surface area contributed by atoms with Crippen molar-refractivity contribution < 1.29 is 32.9 Å². The number of halogens is 1. The molecule has 0 heterocycles. The van der Waals surface area contributed by atoms with Gasteiger partial charge in [-0.2, -0.15) is 0 Å². The molecule has 0 bridgehead atoms. The second-order valence-electron chi connectivity index (χ2n) is 8.40. The van der Waals surface area contributed by atoms with Crippen LogP contribution in [0.4, 0.5) is 4.39 Å². The maximum atomic E-state index is 14.7. The van der Waals surface area contributed by atoms with Crippen LogP contribution < -0.4 is 9.47 Å². The third-order valence-electron chi connectivity index (χ3n) is 4.92. The fourth-order valence-corrected chi connectivity index (χ4v) is 2.84. The quantitative estimate of drug-likeness (QED) is 0.137. The van der Waals surface area contributed by atoms with Gasteiger partial charge in [0.1, 0.15) is 42.4 Å². The Morgan fingerprint density at radius 3 is 1.80 bits per heavy atom. The molecular weight excluding hydrogens is 523 g/mol. The smallest absolute Gasteiger partial charge is 0.338 e. The minimum atomic E-state index is -0.556. The number of hydrogen-bond acceptors (Lipinski definition) is 6. The molecule has 0 aliphatic heterocycles. The van der Waals surface area contributed by atoms with Gasteiger partial charge in [-0.1, -0.05) is 42.9 Å². The summed E-state index contributed by atoms with van der Waals surface area (Å²) in [5.74, 6) is 11.0. The van der Waals surface area contributed by atoms with Crippen molar-refractivity contribution >= 4 is 11.9 Å². The third kappa shape index (κ3) is 10.1. The standard InChI is InChI=1S/C34H25FO6/c1-24(2)33(36)40-20-18-38-30-16-12-26(13-17-30)8-9-28-11-15-29(32(35)23-28)14-10-27-6-5-7-31(22-27)39-19-21-41-34(37)25(3)4/h5-7,11-13,15-23H,1,3H2,2,4H3. The molecule has 7 heteroatoms. The number of ether oxygens (including phenoxy) is 4. The van der Waals surface area contributed by atoms with Gasteiger partial charge in [-0.05, 0) is 74.5 Å². The lowest BCUT2D eigenvalue weighted by Gasteiger charge is -2.01. The molecule has 0 aliphatic carbocycles. The average Bonchev–Trinajstić information content (AvgIpc) is 2.96. The summed E-state index contributed by atoms with van der Waals surface area (Å²) in [6, 6.07) is 18.3. The Kier molecular flexibility index (Phi) is 10.9. The van der Waals surface area contributed by atoms with Crippen LogP contribution in [0, 0.1) is 29.5 Å². The van der Waals surface area contributed by atoms with E-state index >= 15 is 0 Å². The molecule has 0 spiro atoms. The van der Waals surface area contributed by atoms with E-state index in [2.05, 4.69) is 36.8 Å². The second kappa shape index (κ2) is 15.0. The van der Waals surface area contributed by atoms with Crippen LogP contribution in [0.25, 0.3) is 0 Å². The number of esters is 2. The molecule has 204 valence electrons. The zero-order chi connectivity index (χ0) is 29.6. The van der Waals surface area contributed by atoms with Crippen LogP contribution in [0.5, 0.6) is 11.5 Å². The SMILES string of the molecule is C=C(C)C(=O)OC=COc1ccc(C#Cc2ccc(C#Cc3cccc(OC=COC(=O)C(=C)C)c3)c(F)c2)cc1. The summed E-state index contributed by atoms with van der Waals surface area (Å²) in [4.78, 5) is 22.7. The highest BCUT2D eigenvalue weighted by atomic mass is 19.1. The molecule has 0 fully saturated rings. The third-order valence-corrected chi connectivity index (χ3v) is 4.92. The van der Waals surface area contributed by atoms with Crippen LogP contribution in [0.15, 0.2) is 116 Å². The summed E-state index contributed by atoms with van der Waals surface area (Å²) in [6.45, 7) is 10.1. The minimum absolute atomic E-state index is 0.219. The molecule has 0 radical (unpaired) electrons.